The van der Waals surface area contributed by atoms with Crippen molar-refractivity contribution < 1.29 is 14.6 Å². The normalized spacial score (nSPS) is 20.6. The number of hydrogen-bond acceptors (Lipinski definition) is 6. The summed E-state index contributed by atoms with van der Waals surface area (Å²) in [7, 11) is 1.70. The summed E-state index contributed by atoms with van der Waals surface area (Å²) in [5.41, 5.74) is 1.18. The van der Waals surface area contributed by atoms with Crippen LogP contribution in [-0.4, -0.2) is 53.4 Å². The summed E-state index contributed by atoms with van der Waals surface area (Å²) in [5, 5.41) is 12.5. The zero-order valence-corrected chi connectivity index (χ0v) is 13.4. The van der Waals surface area contributed by atoms with Gasteiger partial charge in [0.05, 0.1) is 17.7 Å². The Morgan fingerprint density at radius 1 is 1.33 bits per heavy atom. The summed E-state index contributed by atoms with van der Waals surface area (Å²) in [4.78, 5) is 21.7. The van der Waals surface area contributed by atoms with Crippen molar-refractivity contribution in [3.05, 3.63) is 48.3 Å². The van der Waals surface area contributed by atoms with Crippen molar-refractivity contribution in [2.75, 3.05) is 30.4 Å². The van der Waals surface area contributed by atoms with E-state index in [1.165, 1.54) is 0 Å². The van der Waals surface area contributed by atoms with Crippen LogP contribution in [0.15, 0.2) is 42.7 Å². The first-order valence-electron chi connectivity index (χ1n) is 7.82. The van der Waals surface area contributed by atoms with Gasteiger partial charge < -0.3 is 20.1 Å². The van der Waals surface area contributed by atoms with Gasteiger partial charge >= 0.3 is 5.97 Å². The second-order valence-electron chi connectivity index (χ2n) is 5.69. The van der Waals surface area contributed by atoms with Crippen LogP contribution in [-0.2, 0) is 4.74 Å². The molecule has 1 aromatic carbocycles. The van der Waals surface area contributed by atoms with Crippen LogP contribution in [0.5, 0.6) is 0 Å². The molecule has 7 nitrogen and oxygen atoms in total. The van der Waals surface area contributed by atoms with Crippen molar-refractivity contribution in [1.29, 1.82) is 0 Å². The quantitative estimate of drug-likeness (QED) is 0.866. The largest absolute Gasteiger partial charge is 0.478 e. The van der Waals surface area contributed by atoms with Crippen LogP contribution < -0.4 is 10.2 Å². The molecule has 1 fully saturated rings. The summed E-state index contributed by atoms with van der Waals surface area (Å²) in [6, 6.07) is 8.77. The molecule has 0 amide bonds. The maximum absolute atomic E-state index is 11.2. The van der Waals surface area contributed by atoms with Gasteiger partial charge in [0.1, 0.15) is 0 Å². The Labute approximate surface area is 140 Å². The Balaban J connectivity index is 1.77. The maximum atomic E-state index is 11.2. The fraction of sp³-hybridized carbons (Fsp3) is 0.353. The molecule has 126 valence electrons. The SMILES string of the molecule is CO[C@@H]1CCN(c2cccc(C(=O)O)c2)C[C@H]1Nc1ncccn1. The second-order valence-corrected chi connectivity index (χ2v) is 5.69. The van der Waals surface area contributed by atoms with E-state index in [0.717, 1.165) is 18.7 Å². The molecule has 24 heavy (non-hydrogen) atoms. The summed E-state index contributed by atoms with van der Waals surface area (Å²) in [6.07, 6.45) is 4.26. The van der Waals surface area contributed by atoms with Crippen molar-refractivity contribution in [3.63, 3.8) is 0 Å². The number of methoxy groups -OCH3 is 1. The third kappa shape index (κ3) is 3.62. The maximum Gasteiger partial charge on any atom is 0.335 e. The molecule has 1 saturated heterocycles. The van der Waals surface area contributed by atoms with Crippen molar-refractivity contribution in [2.45, 2.75) is 18.6 Å². The number of ether oxygens (including phenoxy) is 1. The molecule has 0 spiro atoms. The number of nitrogens with one attached hydrogen (secondary N) is 1. The minimum absolute atomic E-state index is 0.0136. The molecule has 0 aliphatic carbocycles. The number of piperidine rings is 1. The van der Waals surface area contributed by atoms with Gasteiger partial charge in [0.25, 0.3) is 0 Å². The Bertz CT molecular complexity index is 695. The van der Waals surface area contributed by atoms with E-state index in [4.69, 9.17) is 9.84 Å². The predicted molar refractivity (Wildman–Crippen MR) is 90.5 cm³/mol. The van der Waals surface area contributed by atoms with Crippen LogP contribution in [0.25, 0.3) is 0 Å². The Hall–Kier alpha value is -2.67. The molecule has 1 aliphatic heterocycles. The molecular formula is C17H20N4O3. The van der Waals surface area contributed by atoms with E-state index in [0.29, 0.717) is 12.5 Å². The number of aromatic carboxylic acids is 1. The fourth-order valence-corrected chi connectivity index (χ4v) is 2.96. The Kier molecular flexibility index (Phi) is 4.90. The summed E-state index contributed by atoms with van der Waals surface area (Å²) < 4.78 is 5.58. The molecular weight excluding hydrogens is 308 g/mol. The zero-order valence-electron chi connectivity index (χ0n) is 13.4. The topological polar surface area (TPSA) is 87.6 Å². The zero-order chi connectivity index (χ0) is 16.9. The van der Waals surface area contributed by atoms with Crippen molar-refractivity contribution in [1.82, 2.24) is 9.97 Å². The van der Waals surface area contributed by atoms with E-state index < -0.39 is 5.97 Å². The number of benzene rings is 1. The van der Waals surface area contributed by atoms with E-state index in [-0.39, 0.29) is 17.7 Å². The molecule has 0 saturated carbocycles. The molecule has 0 radical (unpaired) electrons. The number of rotatable bonds is 5. The highest BCUT2D eigenvalue weighted by atomic mass is 16.5. The molecule has 7 heteroatoms. The van der Waals surface area contributed by atoms with Gasteiger partial charge in [-0.3, -0.25) is 0 Å². The van der Waals surface area contributed by atoms with Crippen LogP contribution in [0.2, 0.25) is 0 Å². The number of carboxylic acids is 1. The van der Waals surface area contributed by atoms with Crippen LogP contribution in [0, 0.1) is 0 Å². The molecule has 2 atom stereocenters. The van der Waals surface area contributed by atoms with E-state index >= 15 is 0 Å². The van der Waals surface area contributed by atoms with E-state index in [1.54, 1.807) is 43.8 Å². The van der Waals surface area contributed by atoms with Crippen molar-refractivity contribution in [2.24, 2.45) is 0 Å². The number of hydrogen-bond donors (Lipinski definition) is 2. The molecule has 2 heterocycles. The Morgan fingerprint density at radius 2 is 2.12 bits per heavy atom. The minimum Gasteiger partial charge on any atom is -0.478 e. The number of nitrogens with zero attached hydrogens (tertiary/aromatic N) is 3. The molecule has 0 unspecified atom stereocenters. The lowest BCUT2D eigenvalue weighted by atomic mass is 10.0. The first kappa shape index (κ1) is 16.2. The lowest BCUT2D eigenvalue weighted by Gasteiger charge is -2.39. The smallest absolute Gasteiger partial charge is 0.335 e. The average Bonchev–Trinajstić information content (AvgIpc) is 2.62. The third-order valence-corrected chi connectivity index (χ3v) is 4.19. The first-order chi connectivity index (χ1) is 11.7. The number of aromatic nitrogens is 2. The van der Waals surface area contributed by atoms with Crippen LogP contribution in [0.4, 0.5) is 11.6 Å². The molecule has 0 bridgehead atoms. The summed E-state index contributed by atoms with van der Waals surface area (Å²) in [6.45, 7) is 1.48. The first-order valence-corrected chi connectivity index (χ1v) is 7.82. The molecule has 1 aliphatic rings. The monoisotopic (exact) mass is 328 g/mol. The molecule has 2 aromatic rings. The highest BCUT2D eigenvalue weighted by molar-refractivity contribution is 5.88. The standard InChI is InChI=1S/C17H20N4O3/c1-24-15-6-9-21(13-5-2-4-12(10-13)16(22)23)11-14(15)20-17-18-7-3-8-19-17/h2-5,7-8,10,14-15H,6,9,11H2,1H3,(H,22,23)(H,18,19,20)/t14-,15-/m1/s1. The number of carbonyl (C=O) groups is 1. The van der Waals surface area contributed by atoms with E-state index in [9.17, 15) is 4.79 Å². The fourth-order valence-electron chi connectivity index (χ4n) is 2.96. The van der Waals surface area contributed by atoms with E-state index in [1.807, 2.05) is 6.07 Å². The molecule has 2 N–H and O–H groups in total. The minimum atomic E-state index is -0.920. The van der Waals surface area contributed by atoms with Crippen molar-refractivity contribution in [3.8, 4) is 0 Å². The van der Waals surface area contributed by atoms with Gasteiger partial charge in [0, 0.05) is 38.3 Å². The molecule has 1 aromatic heterocycles. The van der Waals surface area contributed by atoms with E-state index in [2.05, 4.69) is 20.2 Å². The number of anilines is 2. The van der Waals surface area contributed by atoms with Gasteiger partial charge in [-0.15, -0.1) is 0 Å². The van der Waals surface area contributed by atoms with Gasteiger partial charge in [0.2, 0.25) is 5.95 Å². The lowest BCUT2D eigenvalue weighted by molar-refractivity contribution is 0.0695. The Morgan fingerprint density at radius 3 is 2.83 bits per heavy atom. The van der Waals surface area contributed by atoms with Gasteiger partial charge in [-0.05, 0) is 30.7 Å². The van der Waals surface area contributed by atoms with Gasteiger partial charge in [0.15, 0.2) is 0 Å². The van der Waals surface area contributed by atoms with Crippen LogP contribution >= 0.6 is 0 Å². The third-order valence-electron chi connectivity index (χ3n) is 4.19. The van der Waals surface area contributed by atoms with Crippen LogP contribution in [0.3, 0.4) is 0 Å². The highest BCUT2D eigenvalue weighted by Gasteiger charge is 2.30. The molecule has 3 rings (SSSR count). The summed E-state index contributed by atoms with van der Waals surface area (Å²) >= 11 is 0. The predicted octanol–water partition coefficient (Wildman–Crippen LogP) is 1.88. The van der Waals surface area contributed by atoms with Crippen molar-refractivity contribution >= 4 is 17.6 Å². The van der Waals surface area contributed by atoms with Gasteiger partial charge in [-0.2, -0.15) is 0 Å². The lowest BCUT2D eigenvalue weighted by Crippen LogP contribution is -2.51. The van der Waals surface area contributed by atoms with Crippen LogP contribution in [0.1, 0.15) is 16.8 Å². The highest BCUT2D eigenvalue weighted by Crippen LogP contribution is 2.24. The van der Waals surface area contributed by atoms with Gasteiger partial charge in [-0.1, -0.05) is 6.07 Å². The number of carboxylic acid groups (broad SMARTS) is 1. The summed E-state index contributed by atoms with van der Waals surface area (Å²) in [5.74, 6) is -0.360. The second kappa shape index (κ2) is 7.27. The van der Waals surface area contributed by atoms with Gasteiger partial charge in [-0.25, -0.2) is 14.8 Å². The average molecular weight is 328 g/mol.